The number of carbonyl (C=O) groups is 2. The zero-order valence-corrected chi connectivity index (χ0v) is 18.5. The van der Waals surface area contributed by atoms with Gasteiger partial charge in [-0.3, -0.25) is 20.1 Å². The zero-order chi connectivity index (χ0) is 21.4. The van der Waals surface area contributed by atoms with Crippen LogP contribution in [0, 0.1) is 0 Å². The van der Waals surface area contributed by atoms with Crippen LogP contribution in [-0.4, -0.2) is 59.6 Å². The van der Waals surface area contributed by atoms with E-state index in [4.69, 9.17) is 0 Å². The Kier molecular flexibility index (Phi) is 5.72. The molecule has 2 aromatic heterocycles. The number of urea groups is 1. The molecule has 1 aliphatic heterocycles. The van der Waals surface area contributed by atoms with E-state index >= 15 is 0 Å². The highest BCUT2D eigenvalue weighted by Crippen LogP contribution is 2.37. The summed E-state index contributed by atoms with van der Waals surface area (Å²) in [5.41, 5.74) is 0.165. The number of aryl methyl sites for hydroxylation is 1. The van der Waals surface area contributed by atoms with Gasteiger partial charge in [0.25, 0.3) is 5.91 Å². The second-order valence-corrected chi connectivity index (χ2v) is 11.4. The molecule has 0 spiro atoms. The third-order valence-corrected chi connectivity index (χ3v) is 7.60. The van der Waals surface area contributed by atoms with Gasteiger partial charge in [-0.2, -0.15) is 5.10 Å². The van der Waals surface area contributed by atoms with Crippen molar-refractivity contribution in [3.05, 3.63) is 28.8 Å². The lowest BCUT2D eigenvalue weighted by Crippen LogP contribution is -2.43. The van der Waals surface area contributed by atoms with Crippen molar-refractivity contribution in [3.8, 4) is 0 Å². The first kappa shape index (κ1) is 21.3. The van der Waals surface area contributed by atoms with Crippen LogP contribution in [0.25, 0.3) is 0 Å². The fraction of sp³-hybridized carbons (Fsp3) is 0.500. The molecule has 0 saturated carbocycles. The Hall–Kier alpha value is -2.40. The monoisotopic (exact) mass is 439 g/mol. The van der Waals surface area contributed by atoms with Crippen LogP contribution in [0.4, 0.5) is 15.6 Å². The lowest BCUT2D eigenvalue weighted by atomic mass is 9.94. The summed E-state index contributed by atoms with van der Waals surface area (Å²) >= 11 is 1.34. The molecule has 3 heterocycles. The van der Waals surface area contributed by atoms with Crippen LogP contribution in [0.5, 0.6) is 0 Å². The van der Waals surface area contributed by atoms with Crippen molar-refractivity contribution in [2.45, 2.75) is 26.2 Å². The third-order valence-electron chi connectivity index (χ3n) is 4.52. The molecule has 2 N–H and O–H groups in total. The predicted octanol–water partition coefficient (Wildman–Crippen LogP) is 2.29. The van der Waals surface area contributed by atoms with Gasteiger partial charge in [-0.1, -0.05) is 20.8 Å². The molecule has 3 rings (SSSR count). The van der Waals surface area contributed by atoms with E-state index < -0.39 is 15.9 Å². The molecule has 29 heavy (non-hydrogen) atoms. The summed E-state index contributed by atoms with van der Waals surface area (Å²) in [6.45, 7) is 6.39. The largest absolute Gasteiger partial charge is 0.337 e. The first-order valence-corrected chi connectivity index (χ1v) is 11.8. The molecule has 9 nitrogen and oxygen atoms in total. The smallest absolute Gasteiger partial charge is 0.325 e. The van der Waals surface area contributed by atoms with Crippen molar-refractivity contribution in [2.24, 2.45) is 7.05 Å². The van der Waals surface area contributed by atoms with Crippen LogP contribution < -0.4 is 10.6 Å². The normalized spacial score (nSPS) is 16.5. The molecule has 0 radical (unpaired) electrons. The fourth-order valence-electron chi connectivity index (χ4n) is 2.83. The number of anilines is 2. The minimum absolute atomic E-state index is 0.0437. The van der Waals surface area contributed by atoms with Crippen molar-refractivity contribution in [1.29, 1.82) is 0 Å². The lowest BCUT2D eigenvalue weighted by Gasteiger charge is -2.26. The number of sulfone groups is 1. The van der Waals surface area contributed by atoms with E-state index in [2.05, 4.69) is 15.7 Å². The standard InChI is InChI=1S/C18H25N5O4S2/c1-18(2,3)13-11-12(16(24)23-7-9-29(26,27)10-8-23)15(28-13)20-17(25)19-14-5-6-22(4)21-14/h5-6,11H,7-10H2,1-4H3,(H2,19,20,21,25). The predicted molar refractivity (Wildman–Crippen MR) is 113 cm³/mol. The number of aromatic nitrogens is 2. The second kappa shape index (κ2) is 7.79. The van der Waals surface area contributed by atoms with Gasteiger partial charge in [-0.05, 0) is 11.5 Å². The van der Waals surface area contributed by atoms with Gasteiger partial charge < -0.3 is 4.90 Å². The van der Waals surface area contributed by atoms with Gasteiger partial charge in [0, 0.05) is 37.3 Å². The molecule has 3 amide bonds. The molecular weight excluding hydrogens is 414 g/mol. The summed E-state index contributed by atoms with van der Waals surface area (Å²) in [7, 11) is -1.35. The highest BCUT2D eigenvalue weighted by molar-refractivity contribution is 7.91. The maximum absolute atomic E-state index is 13.1. The summed E-state index contributed by atoms with van der Waals surface area (Å²) in [5.74, 6) is 0.0297. The number of carbonyl (C=O) groups excluding carboxylic acids is 2. The van der Waals surface area contributed by atoms with Crippen molar-refractivity contribution in [2.75, 3.05) is 35.2 Å². The first-order chi connectivity index (χ1) is 13.4. The van der Waals surface area contributed by atoms with Crippen molar-refractivity contribution in [3.63, 3.8) is 0 Å². The third kappa shape index (κ3) is 5.15. The minimum Gasteiger partial charge on any atom is -0.337 e. The fourth-order valence-corrected chi connectivity index (χ4v) is 5.13. The number of hydrogen-bond donors (Lipinski definition) is 2. The van der Waals surface area contributed by atoms with Crippen LogP contribution >= 0.6 is 11.3 Å². The Morgan fingerprint density at radius 2 is 1.83 bits per heavy atom. The van der Waals surface area contributed by atoms with Gasteiger partial charge in [-0.25, -0.2) is 13.2 Å². The zero-order valence-electron chi connectivity index (χ0n) is 16.9. The number of nitrogens with one attached hydrogen (secondary N) is 2. The average Bonchev–Trinajstić information content (AvgIpc) is 3.20. The van der Waals surface area contributed by atoms with Crippen molar-refractivity contribution < 1.29 is 18.0 Å². The van der Waals surface area contributed by atoms with Crippen LogP contribution in [0.1, 0.15) is 36.0 Å². The number of nitrogens with zero attached hydrogens (tertiary/aromatic N) is 3. The molecular formula is C18H25N5O4S2. The Morgan fingerprint density at radius 3 is 2.38 bits per heavy atom. The number of hydrogen-bond acceptors (Lipinski definition) is 6. The SMILES string of the molecule is Cn1ccc(NC(=O)Nc2sc(C(C)(C)C)cc2C(=O)N2CCS(=O)(=O)CC2)n1. The number of thiophene rings is 1. The molecule has 11 heteroatoms. The quantitative estimate of drug-likeness (QED) is 0.762. The van der Waals surface area contributed by atoms with E-state index in [1.807, 2.05) is 20.8 Å². The van der Waals surface area contributed by atoms with E-state index in [0.29, 0.717) is 16.4 Å². The Bertz CT molecular complexity index is 1020. The highest BCUT2D eigenvalue weighted by atomic mass is 32.2. The molecule has 1 fully saturated rings. The van der Waals surface area contributed by atoms with Crippen LogP contribution in [0.15, 0.2) is 18.3 Å². The lowest BCUT2D eigenvalue weighted by molar-refractivity contribution is 0.0771. The molecule has 0 unspecified atom stereocenters. The summed E-state index contributed by atoms with van der Waals surface area (Å²) in [4.78, 5) is 28.0. The van der Waals surface area contributed by atoms with Gasteiger partial charge in [0.1, 0.15) is 5.00 Å². The topological polar surface area (TPSA) is 113 Å². The van der Waals surface area contributed by atoms with Gasteiger partial charge >= 0.3 is 6.03 Å². The Labute approximate surface area is 174 Å². The summed E-state index contributed by atoms with van der Waals surface area (Å²) in [5, 5.41) is 9.92. The minimum atomic E-state index is -3.09. The number of amides is 3. The molecule has 158 valence electrons. The van der Waals surface area contributed by atoms with Gasteiger partial charge in [-0.15, -0.1) is 11.3 Å². The maximum atomic E-state index is 13.1. The van der Waals surface area contributed by atoms with Crippen LogP contribution in [0.3, 0.4) is 0 Å². The summed E-state index contributed by atoms with van der Waals surface area (Å²) in [6.07, 6.45) is 1.71. The van der Waals surface area contributed by atoms with E-state index in [1.165, 1.54) is 16.2 Å². The van der Waals surface area contributed by atoms with E-state index in [-0.39, 0.29) is 35.9 Å². The average molecular weight is 440 g/mol. The molecule has 2 aromatic rings. The molecule has 1 saturated heterocycles. The van der Waals surface area contributed by atoms with Crippen LogP contribution in [-0.2, 0) is 22.3 Å². The van der Waals surface area contributed by atoms with E-state index in [9.17, 15) is 18.0 Å². The molecule has 0 aliphatic carbocycles. The first-order valence-electron chi connectivity index (χ1n) is 9.16. The molecule has 0 aromatic carbocycles. The van der Waals surface area contributed by atoms with Gasteiger partial charge in [0.2, 0.25) is 0 Å². The summed E-state index contributed by atoms with van der Waals surface area (Å²) in [6, 6.07) is 2.95. The maximum Gasteiger partial charge on any atom is 0.325 e. The Morgan fingerprint density at radius 1 is 1.17 bits per heavy atom. The van der Waals surface area contributed by atoms with Gasteiger partial charge in [0.05, 0.1) is 17.1 Å². The number of rotatable bonds is 3. The highest BCUT2D eigenvalue weighted by Gasteiger charge is 2.30. The Balaban J connectivity index is 1.82. The van der Waals surface area contributed by atoms with Crippen molar-refractivity contribution >= 4 is 43.9 Å². The molecule has 0 bridgehead atoms. The van der Waals surface area contributed by atoms with Crippen LogP contribution in [0.2, 0.25) is 0 Å². The van der Waals surface area contributed by atoms with E-state index in [0.717, 1.165) is 4.88 Å². The molecule has 1 aliphatic rings. The van der Waals surface area contributed by atoms with Gasteiger partial charge in [0.15, 0.2) is 15.7 Å². The molecule has 0 atom stereocenters. The van der Waals surface area contributed by atoms with E-state index in [1.54, 1.807) is 30.1 Å². The second-order valence-electron chi connectivity index (χ2n) is 8.00. The summed E-state index contributed by atoms with van der Waals surface area (Å²) < 4.78 is 24.9. The van der Waals surface area contributed by atoms with Crippen molar-refractivity contribution in [1.82, 2.24) is 14.7 Å².